The zero-order chi connectivity index (χ0) is 21.7. The second-order valence-electron chi connectivity index (χ2n) is 7.20. The Balaban J connectivity index is 2.24. The van der Waals surface area contributed by atoms with Crippen LogP contribution in [0.15, 0.2) is 41.4 Å². The van der Waals surface area contributed by atoms with Crippen molar-refractivity contribution in [1.29, 1.82) is 0 Å². The minimum absolute atomic E-state index is 0.205. The van der Waals surface area contributed by atoms with E-state index in [-0.39, 0.29) is 17.1 Å². The minimum Gasteiger partial charge on any atom is -0.369 e. The number of halogens is 5. The van der Waals surface area contributed by atoms with Crippen molar-refractivity contribution in [2.75, 3.05) is 7.05 Å². The number of carbonyl (C=O) groups is 1. The number of carbonyl (C=O) groups excluding carboxylic acids is 1. The predicted molar refractivity (Wildman–Crippen MR) is 96.8 cm³/mol. The Morgan fingerprint density at radius 3 is 2.10 bits per heavy atom. The van der Waals surface area contributed by atoms with Crippen LogP contribution in [0.2, 0.25) is 0 Å². The molecule has 4 nitrogen and oxygen atoms in total. The Kier molecular flexibility index (Phi) is 4.88. The fourth-order valence-electron chi connectivity index (χ4n) is 3.59. The van der Waals surface area contributed by atoms with Crippen molar-refractivity contribution in [2.24, 2.45) is 10.7 Å². The van der Waals surface area contributed by atoms with E-state index < -0.39 is 46.3 Å². The normalized spacial score (nSPS) is 22.6. The van der Waals surface area contributed by atoms with Gasteiger partial charge in [0, 0.05) is 31.7 Å². The van der Waals surface area contributed by atoms with E-state index in [2.05, 4.69) is 4.99 Å². The summed E-state index contributed by atoms with van der Waals surface area (Å²) in [4.78, 5) is 18.1. The quantitative estimate of drug-likeness (QED) is 0.777. The van der Waals surface area contributed by atoms with Crippen LogP contribution in [0.4, 0.5) is 22.0 Å². The second kappa shape index (κ2) is 6.82. The lowest BCUT2D eigenvalue weighted by Crippen LogP contribution is -2.53. The van der Waals surface area contributed by atoms with E-state index in [0.29, 0.717) is 12.1 Å². The Morgan fingerprint density at radius 1 is 1.10 bits per heavy atom. The molecule has 0 bridgehead atoms. The Morgan fingerprint density at radius 2 is 1.62 bits per heavy atom. The second-order valence-corrected chi connectivity index (χ2v) is 7.20. The van der Waals surface area contributed by atoms with Gasteiger partial charge in [-0.05, 0) is 12.5 Å². The molecule has 0 aromatic heterocycles. The van der Waals surface area contributed by atoms with Crippen LogP contribution in [0.3, 0.4) is 0 Å². The molecule has 1 aliphatic rings. The number of alkyl halides is 2. The molecule has 2 aromatic rings. The third-order valence-corrected chi connectivity index (χ3v) is 5.09. The standard InChI is InChI=1S/C20H18F5N3O/c1-19(16-13(22)8-12(21)9-14(16)23)15(17(29)28(3)18(26)27-19)10-4-6-11(7-5-10)20(2,24)25/h4-9,15H,1-3H3,(H2,26,27)/t15-,19-/m0/s1. The van der Waals surface area contributed by atoms with E-state index in [1.807, 2.05) is 0 Å². The predicted octanol–water partition coefficient (Wildman–Crippen LogP) is 4.00. The van der Waals surface area contributed by atoms with E-state index in [4.69, 9.17) is 5.73 Å². The van der Waals surface area contributed by atoms with Gasteiger partial charge in [0.15, 0.2) is 5.96 Å². The summed E-state index contributed by atoms with van der Waals surface area (Å²) in [7, 11) is 1.33. The summed E-state index contributed by atoms with van der Waals surface area (Å²) >= 11 is 0. The summed E-state index contributed by atoms with van der Waals surface area (Å²) < 4.78 is 69.6. The third-order valence-electron chi connectivity index (χ3n) is 5.09. The van der Waals surface area contributed by atoms with E-state index >= 15 is 0 Å². The molecular weight excluding hydrogens is 393 g/mol. The number of aliphatic imine (C=N–C) groups is 1. The summed E-state index contributed by atoms with van der Waals surface area (Å²) in [5, 5.41) is 0. The monoisotopic (exact) mass is 411 g/mol. The summed E-state index contributed by atoms with van der Waals surface area (Å²) in [6.07, 6.45) is 0. The van der Waals surface area contributed by atoms with Gasteiger partial charge >= 0.3 is 0 Å². The first-order valence-electron chi connectivity index (χ1n) is 8.62. The van der Waals surface area contributed by atoms with E-state index in [0.717, 1.165) is 24.0 Å². The summed E-state index contributed by atoms with van der Waals surface area (Å²) in [6, 6.07) is 5.77. The van der Waals surface area contributed by atoms with E-state index in [9.17, 15) is 26.7 Å². The van der Waals surface area contributed by atoms with Gasteiger partial charge in [0.1, 0.15) is 23.0 Å². The summed E-state index contributed by atoms with van der Waals surface area (Å²) in [6.45, 7) is 2.01. The fourth-order valence-corrected chi connectivity index (χ4v) is 3.59. The van der Waals surface area contributed by atoms with Gasteiger partial charge < -0.3 is 5.73 Å². The first-order chi connectivity index (χ1) is 13.4. The smallest absolute Gasteiger partial charge is 0.270 e. The van der Waals surface area contributed by atoms with E-state index in [1.54, 1.807) is 0 Å². The first-order valence-corrected chi connectivity index (χ1v) is 8.62. The van der Waals surface area contributed by atoms with Crippen molar-refractivity contribution in [3.05, 3.63) is 70.5 Å². The average molecular weight is 411 g/mol. The van der Waals surface area contributed by atoms with Crippen molar-refractivity contribution in [3.8, 4) is 0 Å². The van der Waals surface area contributed by atoms with Crippen molar-refractivity contribution in [1.82, 2.24) is 4.90 Å². The molecule has 1 aliphatic heterocycles. The highest BCUT2D eigenvalue weighted by Gasteiger charge is 2.50. The molecule has 29 heavy (non-hydrogen) atoms. The van der Waals surface area contributed by atoms with E-state index in [1.165, 1.54) is 26.1 Å². The number of nitrogens with two attached hydrogens (primary N) is 1. The van der Waals surface area contributed by atoms with Crippen molar-refractivity contribution in [2.45, 2.75) is 31.2 Å². The minimum atomic E-state index is -3.10. The van der Waals surface area contributed by atoms with Crippen molar-refractivity contribution < 1.29 is 26.7 Å². The molecule has 3 rings (SSSR count). The summed E-state index contributed by atoms with van der Waals surface area (Å²) in [5.74, 6) is -8.91. The molecule has 0 saturated heterocycles. The fraction of sp³-hybridized carbons (Fsp3) is 0.300. The third kappa shape index (κ3) is 3.45. The summed E-state index contributed by atoms with van der Waals surface area (Å²) in [5.41, 5.74) is 3.18. The molecule has 1 heterocycles. The lowest BCUT2D eigenvalue weighted by Gasteiger charge is -2.41. The largest absolute Gasteiger partial charge is 0.369 e. The van der Waals surface area contributed by atoms with Crippen molar-refractivity contribution >= 4 is 11.9 Å². The molecule has 9 heteroatoms. The zero-order valence-corrected chi connectivity index (χ0v) is 15.8. The topological polar surface area (TPSA) is 58.7 Å². The number of hydrogen-bond acceptors (Lipinski definition) is 3. The van der Waals surface area contributed by atoms with Crippen LogP contribution >= 0.6 is 0 Å². The lowest BCUT2D eigenvalue weighted by molar-refractivity contribution is -0.130. The highest BCUT2D eigenvalue weighted by molar-refractivity contribution is 6.02. The molecular formula is C20H18F5N3O. The van der Waals surface area contributed by atoms with Gasteiger partial charge in [-0.25, -0.2) is 26.9 Å². The molecule has 2 N–H and O–H groups in total. The van der Waals surface area contributed by atoms with Crippen LogP contribution in [0.1, 0.15) is 36.5 Å². The molecule has 2 aromatic carbocycles. The maximum absolute atomic E-state index is 14.6. The number of likely N-dealkylation sites (N-methyl/N-ethyl adjacent to an activating group) is 1. The molecule has 154 valence electrons. The first kappa shape index (κ1) is 20.8. The number of guanidine groups is 1. The molecule has 0 fully saturated rings. The van der Waals surface area contributed by atoms with Gasteiger partial charge in [-0.2, -0.15) is 0 Å². The number of hydrogen-bond donors (Lipinski definition) is 1. The number of benzene rings is 2. The number of rotatable bonds is 3. The highest BCUT2D eigenvalue weighted by atomic mass is 19.3. The van der Waals surface area contributed by atoms with Crippen LogP contribution in [-0.2, 0) is 16.3 Å². The van der Waals surface area contributed by atoms with Gasteiger partial charge in [0.25, 0.3) is 5.92 Å². The number of amides is 1. The highest BCUT2D eigenvalue weighted by Crippen LogP contribution is 2.46. The Hall–Kier alpha value is -2.97. The molecule has 0 aliphatic carbocycles. The van der Waals surface area contributed by atoms with Crippen LogP contribution in [0, 0.1) is 17.5 Å². The average Bonchev–Trinajstić information content (AvgIpc) is 2.58. The van der Waals surface area contributed by atoms with Crippen LogP contribution < -0.4 is 5.73 Å². The number of nitrogens with zero attached hydrogens (tertiary/aromatic N) is 2. The molecule has 0 saturated carbocycles. The van der Waals surface area contributed by atoms with Gasteiger partial charge in [0.2, 0.25) is 5.91 Å². The van der Waals surface area contributed by atoms with Crippen molar-refractivity contribution in [3.63, 3.8) is 0 Å². The molecule has 0 radical (unpaired) electrons. The van der Waals surface area contributed by atoms with Crippen LogP contribution in [0.25, 0.3) is 0 Å². The van der Waals surface area contributed by atoms with Gasteiger partial charge in [-0.1, -0.05) is 24.3 Å². The Bertz CT molecular complexity index is 977. The SMILES string of the molecule is CN1C(=O)[C@H](c2ccc(C(C)(F)F)cc2)[C@@](C)(c2c(F)cc(F)cc2F)N=C1N. The maximum Gasteiger partial charge on any atom is 0.270 e. The molecule has 0 spiro atoms. The lowest BCUT2D eigenvalue weighted by atomic mass is 9.74. The molecule has 1 amide bonds. The van der Waals surface area contributed by atoms with Crippen LogP contribution in [-0.4, -0.2) is 23.8 Å². The molecule has 0 unspecified atom stereocenters. The van der Waals surface area contributed by atoms with Crippen LogP contribution in [0.5, 0.6) is 0 Å². The maximum atomic E-state index is 14.6. The Labute approximate surface area is 163 Å². The molecule has 2 atom stereocenters. The van der Waals surface area contributed by atoms with Gasteiger partial charge in [-0.3, -0.25) is 9.69 Å². The van der Waals surface area contributed by atoms with Gasteiger partial charge in [-0.15, -0.1) is 0 Å². The van der Waals surface area contributed by atoms with Gasteiger partial charge in [0.05, 0.1) is 11.5 Å². The zero-order valence-electron chi connectivity index (χ0n) is 15.8.